The molecular formula is C21H40O2Si2. The van der Waals surface area contributed by atoms with Crippen molar-refractivity contribution in [3.63, 3.8) is 0 Å². The minimum Gasteiger partial charge on any atom is -0.413 e. The van der Waals surface area contributed by atoms with Crippen LogP contribution in [0.5, 0.6) is 0 Å². The summed E-state index contributed by atoms with van der Waals surface area (Å²) in [5.41, 5.74) is 2.32. The first kappa shape index (κ1) is 22.7. The zero-order valence-electron chi connectivity index (χ0n) is 18.5. The molecular weight excluding hydrogens is 340 g/mol. The quantitative estimate of drug-likeness (QED) is 0.409. The number of rotatable bonds is 4. The van der Waals surface area contributed by atoms with E-state index in [1.165, 1.54) is 5.57 Å². The molecule has 0 aromatic carbocycles. The predicted molar refractivity (Wildman–Crippen MR) is 115 cm³/mol. The van der Waals surface area contributed by atoms with Crippen molar-refractivity contribution in [2.45, 2.75) is 110 Å². The van der Waals surface area contributed by atoms with Crippen LogP contribution in [0.3, 0.4) is 0 Å². The van der Waals surface area contributed by atoms with Gasteiger partial charge >= 0.3 is 0 Å². The summed E-state index contributed by atoms with van der Waals surface area (Å²) in [6.45, 7) is 25.1. The van der Waals surface area contributed by atoms with Crippen molar-refractivity contribution < 1.29 is 8.85 Å². The minimum absolute atomic E-state index is 0.0930. The highest BCUT2D eigenvalue weighted by Crippen LogP contribution is 2.43. The van der Waals surface area contributed by atoms with Crippen LogP contribution in [0.4, 0.5) is 0 Å². The third-order valence-corrected chi connectivity index (χ3v) is 15.6. The molecule has 4 heteroatoms. The lowest BCUT2D eigenvalue weighted by atomic mass is 9.89. The molecule has 0 saturated heterocycles. The fraction of sp³-hybridized carbons (Fsp3) is 0.810. The van der Waals surface area contributed by atoms with E-state index in [0.29, 0.717) is 0 Å². The predicted octanol–water partition coefficient (Wildman–Crippen LogP) is 6.51. The van der Waals surface area contributed by atoms with E-state index in [9.17, 15) is 0 Å². The molecule has 0 N–H and O–H groups in total. The summed E-state index contributed by atoms with van der Waals surface area (Å²) in [5.74, 6) is 2.91. The summed E-state index contributed by atoms with van der Waals surface area (Å²) >= 11 is 0. The van der Waals surface area contributed by atoms with Gasteiger partial charge in [0.25, 0.3) is 0 Å². The van der Waals surface area contributed by atoms with Crippen molar-refractivity contribution in [3.05, 3.63) is 11.1 Å². The molecule has 0 saturated carbocycles. The highest BCUT2D eigenvalue weighted by molar-refractivity contribution is 6.74. The Morgan fingerprint density at radius 1 is 0.920 bits per heavy atom. The Labute approximate surface area is 159 Å². The molecule has 0 spiro atoms. The third-order valence-electron chi connectivity index (χ3n) is 6.55. The first-order chi connectivity index (χ1) is 11.0. The fourth-order valence-electron chi connectivity index (χ4n) is 2.61. The molecule has 0 radical (unpaired) electrons. The first-order valence-corrected chi connectivity index (χ1v) is 15.4. The average molecular weight is 381 g/mol. The molecule has 0 aromatic rings. The van der Waals surface area contributed by atoms with Crippen molar-refractivity contribution in [1.82, 2.24) is 0 Å². The van der Waals surface area contributed by atoms with Crippen LogP contribution in [0.15, 0.2) is 11.1 Å². The van der Waals surface area contributed by atoms with Gasteiger partial charge in [-0.3, -0.25) is 0 Å². The lowest BCUT2D eigenvalue weighted by molar-refractivity contribution is 0.0989. The zero-order chi connectivity index (χ0) is 19.8. The van der Waals surface area contributed by atoms with Gasteiger partial charge in [0.2, 0.25) is 0 Å². The van der Waals surface area contributed by atoms with Crippen molar-refractivity contribution in [2.75, 3.05) is 0 Å². The van der Waals surface area contributed by atoms with Crippen LogP contribution in [-0.4, -0.2) is 28.8 Å². The van der Waals surface area contributed by atoms with Crippen molar-refractivity contribution in [3.8, 4) is 12.3 Å². The number of hydrogen-bond donors (Lipinski definition) is 0. The Hall–Kier alpha value is -0.346. The Morgan fingerprint density at radius 2 is 1.36 bits per heavy atom. The van der Waals surface area contributed by atoms with E-state index in [4.69, 9.17) is 15.3 Å². The summed E-state index contributed by atoms with van der Waals surface area (Å²) in [6.07, 6.45) is 7.87. The summed E-state index contributed by atoms with van der Waals surface area (Å²) in [5, 5.41) is 0.395. The van der Waals surface area contributed by atoms with Gasteiger partial charge in [0.15, 0.2) is 16.6 Å². The Morgan fingerprint density at radius 3 is 1.76 bits per heavy atom. The van der Waals surface area contributed by atoms with Crippen molar-refractivity contribution >= 4 is 16.6 Å². The van der Waals surface area contributed by atoms with Gasteiger partial charge in [0.05, 0.1) is 12.2 Å². The lowest BCUT2D eigenvalue weighted by Gasteiger charge is -2.44. The van der Waals surface area contributed by atoms with E-state index in [0.717, 1.165) is 18.4 Å². The molecule has 2 nitrogen and oxygen atoms in total. The molecule has 1 rings (SSSR count). The summed E-state index contributed by atoms with van der Waals surface area (Å²) < 4.78 is 13.4. The Balaban J connectivity index is 3.07. The van der Waals surface area contributed by atoms with Gasteiger partial charge in [-0.2, -0.15) is 0 Å². The Kier molecular flexibility index (Phi) is 6.67. The van der Waals surface area contributed by atoms with Crippen LogP contribution in [0.1, 0.15) is 61.3 Å². The molecule has 0 aromatic heterocycles. The van der Waals surface area contributed by atoms with E-state index in [2.05, 4.69) is 80.6 Å². The van der Waals surface area contributed by atoms with E-state index >= 15 is 0 Å². The largest absolute Gasteiger partial charge is 0.413 e. The fourth-order valence-corrected chi connectivity index (χ4v) is 5.31. The molecule has 1 aliphatic rings. The van der Waals surface area contributed by atoms with Gasteiger partial charge < -0.3 is 8.85 Å². The first-order valence-electron chi connectivity index (χ1n) is 9.54. The second-order valence-electron chi connectivity index (χ2n) is 10.6. The number of terminal acetylenes is 1. The third kappa shape index (κ3) is 5.32. The normalized spacial score (nSPS) is 23.6. The van der Waals surface area contributed by atoms with E-state index in [1.54, 1.807) is 0 Å². The van der Waals surface area contributed by atoms with Gasteiger partial charge in [-0.25, -0.2) is 0 Å². The second-order valence-corrected chi connectivity index (χ2v) is 20.1. The Bertz CT molecular complexity index is 554. The molecule has 2 unspecified atom stereocenters. The lowest BCUT2D eigenvalue weighted by Crippen LogP contribution is -2.49. The summed E-state index contributed by atoms with van der Waals surface area (Å²) in [6, 6.07) is 0. The van der Waals surface area contributed by atoms with Crippen LogP contribution in [0.2, 0.25) is 36.3 Å². The molecule has 144 valence electrons. The molecule has 0 aliphatic heterocycles. The van der Waals surface area contributed by atoms with E-state index in [1.807, 2.05) is 0 Å². The van der Waals surface area contributed by atoms with Crippen molar-refractivity contribution in [2.24, 2.45) is 0 Å². The molecule has 0 heterocycles. The van der Waals surface area contributed by atoms with E-state index < -0.39 is 16.6 Å². The van der Waals surface area contributed by atoms with Crippen LogP contribution in [0.25, 0.3) is 0 Å². The highest BCUT2D eigenvalue weighted by atomic mass is 28.4. The van der Waals surface area contributed by atoms with Crippen LogP contribution >= 0.6 is 0 Å². The van der Waals surface area contributed by atoms with Gasteiger partial charge in [-0.1, -0.05) is 47.5 Å². The maximum absolute atomic E-state index is 6.74. The topological polar surface area (TPSA) is 18.5 Å². The van der Waals surface area contributed by atoms with Gasteiger partial charge in [-0.05, 0) is 48.8 Å². The van der Waals surface area contributed by atoms with Crippen LogP contribution in [-0.2, 0) is 8.85 Å². The highest BCUT2D eigenvalue weighted by Gasteiger charge is 2.44. The maximum atomic E-state index is 6.74. The van der Waals surface area contributed by atoms with Gasteiger partial charge in [-0.15, -0.1) is 6.42 Å². The van der Waals surface area contributed by atoms with E-state index in [-0.39, 0.29) is 22.3 Å². The second kappa shape index (κ2) is 7.34. The minimum atomic E-state index is -1.85. The van der Waals surface area contributed by atoms with Crippen LogP contribution < -0.4 is 0 Å². The summed E-state index contributed by atoms with van der Waals surface area (Å²) in [4.78, 5) is 0. The number of hydrogen-bond acceptors (Lipinski definition) is 2. The van der Waals surface area contributed by atoms with Crippen LogP contribution in [0, 0.1) is 12.3 Å². The standard InChI is InChI=1S/C21H40O2Si2/c1-13-17-14-18(22-24(9,10)20(3,4)5)15-19(16(17)2)23-25(11,12)21(6,7)8/h1,18-19H,14-15H2,2-12H3. The zero-order valence-corrected chi connectivity index (χ0v) is 20.5. The molecule has 2 atom stereocenters. The SMILES string of the molecule is C#CC1=C(C)C(O[Si](C)(C)C(C)(C)C)CC(O[Si](C)(C)C(C)(C)C)C1. The summed E-state index contributed by atoms with van der Waals surface area (Å²) in [7, 11) is -3.67. The molecule has 0 fully saturated rings. The molecule has 0 bridgehead atoms. The smallest absolute Gasteiger partial charge is 0.192 e. The maximum Gasteiger partial charge on any atom is 0.192 e. The van der Waals surface area contributed by atoms with Gasteiger partial charge in [0, 0.05) is 18.4 Å². The molecule has 1 aliphatic carbocycles. The van der Waals surface area contributed by atoms with Crippen molar-refractivity contribution in [1.29, 1.82) is 0 Å². The average Bonchev–Trinajstić information content (AvgIpc) is 2.38. The molecule has 25 heavy (non-hydrogen) atoms. The van der Waals surface area contributed by atoms with Gasteiger partial charge in [0.1, 0.15) is 0 Å². The monoisotopic (exact) mass is 380 g/mol. The molecule has 0 amide bonds.